The zero-order valence-corrected chi connectivity index (χ0v) is 10.4. The van der Waals surface area contributed by atoms with E-state index in [9.17, 15) is 4.79 Å². The third-order valence-corrected chi connectivity index (χ3v) is 3.04. The van der Waals surface area contributed by atoms with Crippen LogP contribution >= 0.6 is 23.2 Å². The molecule has 0 aliphatic rings. The minimum atomic E-state index is -0.0380. The van der Waals surface area contributed by atoms with Crippen LogP contribution in [0, 0.1) is 0 Å². The Bertz CT molecular complexity index is 540. The fraction of sp³-hybridized carbons (Fsp3) is 0.0769. The van der Waals surface area contributed by atoms with Crippen molar-refractivity contribution in [2.75, 3.05) is 0 Å². The van der Waals surface area contributed by atoms with E-state index < -0.39 is 0 Å². The lowest BCUT2D eigenvalue weighted by Crippen LogP contribution is -2.05. The standard InChI is InChI=1S/C13H9Cl2NO/c14-10-5-4-9(7-11(10)15)8-13(17)12-3-1-2-6-16-12/h1-7H,8H2. The maximum atomic E-state index is 11.9. The van der Waals surface area contributed by atoms with Crippen LogP contribution in [-0.4, -0.2) is 10.8 Å². The molecule has 0 radical (unpaired) electrons. The maximum Gasteiger partial charge on any atom is 0.185 e. The summed E-state index contributed by atoms with van der Waals surface area (Å²) in [6.45, 7) is 0. The number of Topliss-reactive ketones (excluding diaryl/α,β-unsaturated/α-hetero) is 1. The van der Waals surface area contributed by atoms with Crippen molar-refractivity contribution in [3.8, 4) is 0 Å². The van der Waals surface area contributed by atoms with Gasteiger partial charge in [-0.2, -0.15) is 0 Å². The Hall–Kier alpha value is -1.38. The van der Waals surface area contributed by atoms with Crippen LogP contribution in [0.15, 0.2) is 42.6 Å². The molecule has 2 rings (SSSR count). The Balaban J connectivity index is 2.16. The zero-order valence-electron chi connectivity index (χ0n) is 8.86. The molecule has 2 nitrogen and oxygen atoms in total. The SMILES string of the molecule is O=C(Cc1ccc(Cl)c(Cl)c1)c1ccccn1. The number of hydrogen-bond acceptors (Lipinski definition) is 2. The topological polar surface area (TPSA) is 30.0 Å². The molecule has 0 saturated carbocycles. The maximum absolute atomic E-state index is 11.9. The molecule has 0 spiro atoms. The number of benzene rings is 1. The number of rotatable bonds is 3. The molecule has 0 N–H and O–H groups in total. The van der Waals surface area contributed by atoms with Gasteiger partial charge in [0.2, 0.25) is 0 Å². The van der Waals surface area contributed by atoms with E-state index in [2.05, 4.69) is 4.98 Å². The number of hydrogen-bond donors (Lipinski definition) is 0. The van der Waals surface area contributed by atoms with Crippen LogP contribution in [0.25, 0.3) is 0 Å². The predicted octanol–water partition coefficient (Wildman–Crippen LogP) is 3.81. The fourth-order valence-corrected chi connectivity index (χ4v) is 1.77. The smallest absolute Gasteiger partial charge is 0.185 e. The fourth-order valence-electron chi connectivity index (χ4n) is 1.45. The summed E-state index contributed by atoms with van der Waals surface area (Å²) in [5.74, 6) is -0.0380. The summed E-state index contributed by atoms with van der Waals surface area (Å²) >= 11 is 11.7. The van der Waals surface area contributed by atoms with Crippen LogP contribution in [0.5, 0.6) is 0 Å². The molecule has 0 amide bonds. The summed E-state index contributed by atoms with van der Waals surface area (Å²) in [4.78, 5) is 15.9. The molecule has 86 valence electrons. The molecule has 1 heterocycles. The van der Waals surface area contributed by atoms with E-state index in [-0.39, 0.29) is 12.2 Å². The number of aromatic nitrogens is 1. The molecular weight excluding hydrogens is 257 g/mol. The van der Waals surface area contributed by atoms with E-state index in [1.807, 2.05) is 0 Å². The second-order valence-electron chi connectivity index (χ2n) is 3.56. The van der Waals surface area contributed by atoms with Gasteiger partial charge in [0.05, 0.1) is 10.0 Å². The largest absolute Gasteiger partial charge is 0.292 e. The van der Waals surface area contributed by atoms with Crippen LogP contribution in [0.1, 0.15) is 16.1 Å². The number of carbonyl (C=O) groups is 1. The molecule has 1 aromatic carbocycles. The lowest BCUT2D eigenvalue weighted by Gasteiger charge is -2.02. The first kappa shape index (κ1) is 12.1. The van der Waals surface area contributed by atoms with Gasteiger partial charge in [0.15, 0.2) is 5.78 Å². The van der Waals surface area contributed by atoms with Crippen molar-refractivity contribution in [3.63, 3.8) is 0 Å². The molecule has 2 aromatic rings. The van der Waals surface area contributed by atoms with E-state index in [0.717, 1.165) is 5.56 Å². The van der Waals surface area contributed by atoms with Crippen LogP contribution in [0.2, 0.25) is 10.0 Å². The van der Waals surface area contributed by atoms with E-state index in [1.54, 1.807) is 42.6 Å². The van der Waals surface area contributed by atoms with Gasteiger partial charge in [-0.1, -0.05) is 35.3 Å². The van der Waals surface area contributed by atoms with Gasteiger partial charge >= 0.3 is 0 Å². The lowest BCUT2D eigenvalue weighted by molar-refractivity contribution is 0.0988. The summed E-state index contributed by atoms with van der Waals surface area (Å²) < 4.78 is 0. The van der Waals surface area contributed by atoms with Gasteiger partial charge in [0, 0.05) is 12.6 Å². The quantitative estimate of drug-likeness (QED) is 0.790. The predicted molar refractivity (Wildman–Crippen MR) is 68.7 cm³/mol. The number of pyridine rings is 1. The van der Waals surface area contributed by atoms with Crippen molar-refractivity contribution in [3.05, 3.63) is 63.9 Å². The van der Waals surface area contributed by atoms with E-state index >= 15 is 0 Å². The summed E-state index contributed by atoms with van der Waals surface area (Å²) in [5, 5.41) is 0.943. The summed E-state index contributed by atoms with van der Waals surface area (Å²) in [5.41, 5.74) is 1.29. The number of ketones is 1. The molecular formula is C13H9Cl2NO. The van der Waals surface area contributed by atoms with E-state index in [1.165, 1.54) is 0 Å². The Morgan fingerprint density at radius 3 is 2.59 bits per heavy atom. The van der Waals surface area contributed by atoms with Gasteiger partial charge in [-0.15, -0.1) is 0 Å². The van der Waals surface area contributed by atoms with Crippen molar-refractivity contribution >= 4 is 29.0 Å². The lowest BCUT2D eigenvalue weighted by atomic mass is 10.1. The highest BCUT2D eigenvalue weighted by atomic mass is 35.5. The third kappa shape index (κ3) is 3.05. The molecule has 0 aliphatic carbocycles. The molecule has 0 unspecified atom stereocenters. The summed E-state index contributed by atoms with van der Waals surface area (Å²) in [6.07, 6.45) is 1.87. The molecule has 17 heavy (non-hydrogen) atoms. The minimum Gasteiger partial charge on any atom is -0.292 e. The average Bonchev–Trinajstić information content (AvgIpc) is 2.35. The highest BCUT2D eigenvalue weighted by molar-refractivity contribution is 6.42. The molecule has 0 bridgehead atoms. The Labute approximate surface area is 109 Å². The first-order valence-electron chi connectivity index (χ1n) is 5.05. The Morgan fingerprint density at radius 1 is 1.12 bits per heavy atom. The molecule has 1 aromatic heterocycles. The molecule has 0 saturated heterocycles. The Morgan fingerprint density at radius 2 is 1.94 bits per heavy atom. The zero-order chi connectivity index (χ0) is 12.3. The van der Waals surface area contributed by atoms with Crippen LogP contribution in [-0.2, 0) is 6.42 Å². The monoisotopic (exact) mass is 265 g/mol. The van der Waals surface area contributed by atoms with Crippen LogP contribution in [0.3, 0.4) is 0 Å². The first-order chi connectivity index (χ1) is 8.16. The second-order valence-corrected chi connectivity index (χ2v) is 4.38. The molecule has 4 heteroatoms. The second kappa shape index (κ2) is 5.30. The van der Waals surface area contributed by atoms with Gasteiger partial charge in [-0.3, -0.25) is 9.78 Å². The van der Waals surface area contributed by atoms with Crippen molar-refractivity contribution in [2.24, 2.45) is 0 Å². The van der Waals surface area contributed by atoms with Crippen molar-refractivity contribution < 1.29 is 4.79 Å². The first-order valence-corrected chi connectivity index (χ1v) is 5.80. The molecule has 0 fully saturated rings. The van der Waals surface area contributed by atoms with Gasteiger partial charge in [-0.05, 0) is 29.8 Å². The average molecular weight is 266 g/mol. The molecule has 0 aliphatic heterocycles. The van der Waals surface area contributed by atoms with Crippen molar-refractivity contribution in [1.29, 1.82) is 0 Å². The highest BCUT2D eigenvalue weighted by Crippen LogP contribution is 2.23. The Kier molecular flexibility index (Phi) is 3.77. The van der Waals surface area contributed by atoms with Crippen LogP contribution < -0.4 is 0 Å². The number of carbonyl (C=O) groups excluding carboxylic acids is 1. The molecule has 0 atom stereocenters. The van der Waals surface area contributed by atoms with E-state index in [0.29, 0.717) is 15.7 Å². The van der Waals surface area contributed by atoms with Gasteiger partial charge in [0.25, 0.3) is 0 Å². The van der Waals surface area contributed by atoms with Gasteiger partial charge in [-0.25, -0.2) is 0 Å². The minimum absolute atomic E-state index is 0.0380. The highest BCUT2D eigenvalue weighted by Gasteiger charge is 2.08. The van der Waals surface area contributed by atoms with E-state index in [4.69, 9.17) is 23.2 Å². The van der Waals surface area contributed by atoms with Crippen molar-refractivity contribution in [2.45, 2.75) is 6.42 Å². The van der Waals surface area contributed by atoms with Crippen molar-refractivity contribution in [1.82, 2.24) is 4.98 Å². The third-order valence-electron chi connectivity index (χ3n) is 2.30. The summed E-state index contributed by atoms with van der Waals surface area (Å²) in [7, 11) is 0. The number of nitrogens with zero attached hydrogens (tertiary/aromatic N) is 1. The van der Waals surface area contributed by atoms with Gasteiger partial charge < -0.3 is 0 Å². The number of halogens is 2. The van der Waals surface area contributed by atoms with Gasteiger partial charge in [0.1, 0.15) is 5.69 Å². The van der Waals surface area contributed by atoms with Crippen LogP contribution in [0.4, 0.5) is 0 Å². The summed E-state index contributed by atoms with van der Waals surface area (Å²) in [6, 6.07) is 10.4. The normalized spacial score (nSPS) is 10.2.